The molecular formula is C31H38N6O4. The molecule has 41 heavy (non-hydrogen) atoms. The van der Waals surface area contributed by atoms with E-state index in [1.807, 2.05) is 79.7 Å². The summed E-state index contributed by atoms with van der Waals surface area (Å²) in [6.45, 7) is 0.857. The van der Waals surface area contributed by atoms with Crippen LogP contribution in [0.3, 0.4) is 0 Å². The Bertz CT molecular complexity index is 1300. The van der Waals surface area contributed by atoms with E-state index in [2.05, 4.69) is 10.3 Å². The Morgan fingerprint density at radius 2 is 1.68 bits per heavy atom. The number of carbonyl (C=O) groups is 3. The minimum Gasteiger partial charge on any atom is -0.445 e. The van der Waals surface area contributed by atoms with Gasteiger partial charge in [0.25, 0.3) is 0 Å². The van der Waals surface area contributed by atoms with Crippen molar-refractivity contribution in [1.82, 2.24) is 25.0 Å². The largest absolute Gasteiger partial charge is 0.445 e. The molecule has 2 heterocycles. The highest BCUT2D eigenvalue weighted by Gasteiger charge is 2.40. The lowest BCUT2D eigenvalue weighted by Crippen LogP contribution is -2.64. The Morgan fingerprint density at radius 3 is 2.34 bits per heavy atom. The maximum Gasteiger partial charge on any atom is 0.410 e. The lowest BCUT2D eigenvalue weighted by molar-refractivity contribution is -0.147. The second-order valence-electron chi connectivity index (χ2n) is 10.3. The van der Waals surface area contributed by atoms with Gasteiger partial charge >= 0.3 is 6.09 Å². The topological polar surface area (TPSA) is 121 Å². The van der Waals surface area contributed by atoms with Gasteiger partial charge in [0.1, 0.15) is 18.5 Å². The number of aryl methyl sites for hydroxylation is 1. The van der Waals surface area contributed by atoms with Crippen molar-refractivity contribution in [3.8, 4) is 0 Å². The summed E-state index contributed by atoms with van der Waals surface area (Å²) >= 11 is 0. The number of nitrogens with two attached hydrogens (primary N) is 1. The number of nitrogens with zero attached hydrogens (tertiary/aromatic N) is 4. The SMILES string of the molecule is CN(C)[C@H](CCc1ccccc1)C(=O)N1CCN(C(=O)OCc2ccccc2)C[C@H]1C(=O)NCc1ccnc(N)c1. The van der Waals surface area contributed by atoms with Crippen molar-refractivity contribution < 1.29 is 19.1 Å². The highest BCUT2D eigenvalue weighted by Crippen LogP contribution is 2.18. The van der Waals surface area contributed by atoms with Crippen molar-refractivity contribution in [2.75, 3.05) is 39.5 Å². The van der Waals surface area contributed by atoms with Gasteiger partial charge in [0.15, 0.2) is 0 Å². The van der Waals surface area contributed by atoms with Crippen LogP contribution in [0.25, 0.3) is 0 Å². The van der Waals surface area contributed by atoms with Crippen molar-refractivity contribution in [2.45, 2.75) is 38.1 Å². The minimum atomic E-state index is -0.876. The number of benzene rings is 2. The van der Waals surface area contributed by atoms with Gasteiger partial charge in [0, 0.05) is 25.8 Å². The number of piperazine rings is 1. The summed E-state index contributed by atoms with van der Waals surface area (Å²) in [5.41, 5.74) is 8.58. The first kappa shape index (κ1) is 29.5. The molecule has 1 aliphatic rings. The van der Waals surface area contributed by atoms with Gasteiger partial charge in [0.05, 0.1) is 12.6 Å². The third-order valence-corrected chi connectivity index (χ3v) is 7.20. The average molecular weight is 559 g/mol. The number of likely N-dealkylation sites (N-methyl/N-ethyl adjacent to an activating group) is 1. The summed E-state index contributed by atoms with van der Waals surface area (Å²) in [6.07, 6.45) is 2.38. The molecule has 216 valence electrons. The molecule has 0 unspecified atom stereocenters. The Kier molecular flexibility index (Phi) is 10.3. The minimum absolute atomic E-state index is 0.0303. The van der Waals surface area contributed by atoms with E-state index in [0.717, 1.165) is 23.1 Å². The smallest absolute Gasteiger partial charge is 0.410 e. The molecule has 2 atom stereocenters. The number of aromatic nitrogens is 1. The molecule has 1 aliphatic heterocycles. The highest BCUT2D eigenvalue weighted by molar-refractivity contribution is 5.90. The van der Waals surface area contributed by atoms with Gasteiger partial charge in [0.2, 0.25) is 11.8 Å². The number of hydrogen-bond acceptors (Lipinski definition) is 7. The van der Waals surface area contributed by atoms with Gasteiger partial charge in [-0.2, -0.15) is 0 Å². The summed E-state index contributed by atoms with van der Waals surface area (Å²) in [5, 5.41) is 2.92. The fourth-order valence-corrected chi connectivity index (χ4v) is 4.90. The van der Waals surface area contributed by atoms with E-state index in [-0.39, 0.29) is 44.6 Å². The number of ether oxygens (including phenoxy) is 1. The van der Waals surface area contributed by atoms with Crippen molar-refractivity contribution in [3.05, 3.63) is 95.7 Å². The zero-order chi connectivity index (χ0) is 29.2. The Hall–Kier alpha value is -4.44. The molecule has 2 aromatic carbocycles. The van der Waals surface area contributed by atoms with Crippen LogP contribution in [0.5, 0.6) is 0 Å². The van der Waals surface area contributed by atoms with E-state index in [4.69, 9.17) is 10.5 Å². The second kappa shape index (κ2) is 14.3. The second-order valence-corrected chi connectivity index (χ2v) is 10.3. The van der Waals surface area contributed by atoms with Crippen molar-refractivity contribution in [2.24, 2.45) is 0 Å². The molecule has 0 radical (unpaired) electrons. The third-order valence-electron chi connectivity index (χ3n) is 7.20. The van der Waals surface area contributed by atoms with Crippen LogP contribution >= 0.6 is 0 Å². The van der Waals surface area contributed by atoms with Crippen LogP contribution < -0.4 is 11.1 Å². The number of amides is 3. The number of rotatable bonds is 10. The lowest BCUT2D eigenvalue weighted by Gasteiger charge is -2.42. The fourth-order valence-electron chi connectivity index (χ4n) is 4.90. The molecule has 10 nitrogen and oxygen atoms in total. The van der Waals surface area contributed by atoms with E-state index >= 15 is 0 Å². The number of nitrogen functional groups attached to an aromatic ring is 1. The molecule has 1 aromatic heterocycles. The number of carbonyl (C=O) groups excluding carboxylic acids is 3. The van der Waals surface area contributed by atoms with Crippen molar-refractivity contribution >= 4 is 23.7 Å². The fraction of sp³-hybridized carbons (Fsp3) is 0.355. The molecule has 0 saturated carbocycles. The van der Waals surface area contributed by atoms with Crippen LogP contribution in [0.4, 0.5) is 10.6 Å². The first-order chi connectivity index (χ1) is 19.8. The lowest BCUT2D eigenvalue weighted by atomic mass is 10.0. The van der Waals surface area contributed by atoms with Crippen molar-refractivity contribution in [3.63, 3.8) is 0 Å². The van der Waals surface area contributed by atoms with E-state index < -0.39 is 18.2 Å². The molecule has 0 aliphatic carbocycles. The molecule has 0 bridgehead atoms. The summed E-state index contributed by atoms with van der Waals surface area (Å²) in [5.74, 6) is -0.141. The van der Waals surface area contributed by atoms with Gasteiger partial charge in [-0.1, -0.05) is 60.7 Å². The third kappa shape index (κ3) is 8.28. The zero-order valence-electron chi connectivity index (χ0n) is 23.6. The monoisotopic (exact) mass is 558 g/mol. The molecule has 3 amide bonds. The highest BCUT2D eigenvalue weighted by atomic mass is 16.6. The first-order valence-corrected chi connectivity index (χ1v) is 13.8. The average Bonchev–Trinajstić information content (AvgIpc) is 2.99. The summed E-state index contributed by atoms with van der Waals surface area (Å²) in [6, 6.07) is 21.6. The molecule has 0 spiro atoms. The van der Waals surface area contributed by atoms with Crippen LogP contribution in [-0.4, -0.2) is 83.4 Å². The quantitative estimate of drug-likeness (QED) is 0.393. The molecule has 3 N–H and O–H groups in total. The maximum absolute atomic E-state index is 13.9. The molecular weight excluding hydrogens is 520 g/mol. The predicted octanol–water partition coefficient (Wildman–Crippen LogP) is 2.69. The Morgan fingerprint density at radius 1 is 1.00 bits per heavy atom. The molecule has 1 fully saturated rings. The molecule has 10 heteroatoms. The molecule has 4 rings (SSSR count). The normalized spacial score (nSPS) is 15.8. The Labute approximate surface area is 241 Å². The van der Waals surface area contributed by atoms with E-state index in [0.29, 0.717) is 12.2 Å². The molecule has 3 aromatic rings. The van der Waals surface area contributed by atoms with Crippen LogP contribution in [0.2, 0.25) is 0 Å². The van der Waals surface area contributed by atoms with Gasteiger partial charge in [-0.3, -0.25) is 14.5 Å². The number of anilines is 1. The van der Waals surface area contributed by atoms with E-state index in [1.165, 1.54) is 4.90 Å². The number of nitrogens with one attached hydrogen (secondary N) is 1. The predicted molar refractivity (Wildman–Crippen MR) is 156 cm³/mol. The summed E-state index contributed by atoms with van der Waals surface area (Å²) in [4.78, 5) is 49.4. The number of hydrogen-bond donors (Lipinski definition) is 2. The van der Waals surface area contributed by atoms with Gasteiger partial charge in [-0.25, -0.2) is 9.78 Å². The maximum atomic E-state index is 13.9. The standard InChI is InChI=1S/C31H38N6O4/c1-35(2)26(14-13-23-9-5-3-6-10-23)30(39)37-18-17-36(31(40)41-22-24-11-7-4-8-12-24)21-27(37)29(38)34-20-25-15-16-33-28(32)19-25/h3-12,15-16,19,26-27H,13-14,17-18,20-22H2,1-2H3,(H2,32,33)(H,34,38)/t26-,27+/m1/s1. The molecule has 1 saturated heterocycles. The van der Waals surface area contributed by atoms with E-state index in [1.54, 1.807) is 23.2 Å². The number of pyridine rings is 1. The zero-order valence-corrected chi connectivity index (χ0v) is 23.6. The first-order valence-electron chi connectivity index (χ1n) is 13.8. The van der Waals surface area contributed by atoms with Crippen LogP contribution in [0.1, 0.15) is 23.1 Å². The van der Waals surface area contributed by atoms with Gasteiger partial charge < -0.3 is 25.6 Å². The van der Waals surface area contributed by atoms with E-state index in [9.17, 15) is 14.4 Å². The van der Waals surface area contributed by atoms with Gasteiger partial charge in [-0.15, -0.1) is 0 Å². The van der Waals surface area contributed by atoms with Crippen LogP contribution in [-0.2, 0) is 33.9 Å². The van der Waals surface area contributed by atoms with Crippen LogP contribution in [0.15, 0.2) is 79.0 Å². The summed E-state index contributed by atoms with van der Waals surface area (Å²) < 4.78 is 5.53. The van der Waals surface area contributed by atoms with Crippen molar-refractivity contribution in [1.29, 1.82) is 0 Å². The van der Waals surface area contributed by atoms with Crippen LogP contribution in [0, 0.1) is 0 Å². The summed E-state index contributed by atoms with van der Waals surface area (Å²) in [7, 11) is 3.74. The Balaban J connectivity index is 1.47. The van der Waals surface area contributed by atoms with Gasteiger partial charge in [-0.05, 0) is 55.8 Å².